The van der Waals surface area contributed by atoms with Crippen LogP contribution in [0.3, 0.4) is 0 Å². The zero-order chi connectivity index (χ0) is 17.2. The number of alkyl halides is 3. The molecule has 0 aliphatic carbocycles. The maximum absolute atomic E-state index is 12.7. The van der Waals surface area contributed by atoms with Gasteiger partial charge in [0.05, 0.1) is 5.56 Å². The van der Waals surface area contributed by atoms with Crippen molar-refractivity contribution in [1.29, 1.82) is 0 Å². The minimum absolute atomic E-state index is 0.146. The molecule has 0 bridgehead atoms. The van der Waals surface area contributed by atoms with Gasteiger partial charge in [0.2, 0.25) is 5.91 Å². The Bertz CT molecular complexity index is 868. The molecule has 0 radical (unpaired) electrons. The molecule has 6 heteroatoms. The van der Waals surface area contributed by atoms with Crippen LogP contribution in [0.15, 0.2) is 60.8 Å². The SMILES string of the molecule is O=C(CCn1ccc2ccccc21)Nc1cccc(C(F)(F)F)c1. The number of halogens is 3. The molecule has 0 spiro atoms. The van der Waals surface area contributed by atoms with Gasteiger partial charge in [-0.25, -0.2) is 0 Å². The molecule has 3 rings (SSSR count). The van der Waals surface area contributed by atoms with Gasteiger partial charge in [0, 0.05) is 30.4 Å². The molecule has 1 amide bonds. The highest BCUT2D eigenvalue weighted by Crippen LogP contribution is 2.30. The molecule has 3 aromatic rings. The first-order valence-corrected chi connectivity index (χ1v) is 7.44. The van der Waals surface area contributed by atoms with E-state index >= 15 is 0 Å². The standard InChI is InChI=1S/C18H15F3N2O/c19-18(20,21)14-5-3-6-15(12-14)22-17(24)9-11-23-10-8-13-4-1-2-7-16(13)23/h1-8,10,12H,9,11H2,(H,22,24). The molecule has 0 fully saturated rings. The van der Waals surface area contributed by atoms with Crippen molar-refractivity contribution < 1.29 is 18.0 Å². The summed E-state index contributed by atoms with van der Waals surface area (Å²) in [4.78, 5) is 12.0. The van der Waals surface area contributed by atoms with Crippen LogP contribution in [0.5, 0.6) is 0 Å². The number of nitrogens with one attached hydrogen (secondary N) is 1. The van der Waals surface area contributed by atoms with Crippen LogP contribution in [0.2, 0.25) is 0 Å². The van der Waals surface area contributed by atoms with Crippen molar-refractivity contribution in [1.82, 2.24) is 4.57 Å². The molecule has 1 heterocycles. The lowest BCUT2D eigenvalue weighted by molar-refractivity contribution is -0.137. The minimum Gasteiger partial charge on any atom is -0.347 e. The molecule has 0 saturated heterocycles. The lowest BCUT2D eigenvalue weighted by Crippen LogP contribution is -2.15. The summed E-state index contributed by atoms with van der Waals surface area (Å²) in [5.41, 5.74) is 0.383. The molecule has 1 N–H and O–H groups in total. The number of para-hydroxylation sites is 1. The summed E-state index contributed by atoms with van der Waals surface area (Å²) in [5.74, 6) is -0.327. The summed E-state index contributed by atoms with van der Waals surface area (Å²) in [6.07, 6.45) is -2.36. The highest BCUT2D eigenvalue weighted by atomic mass is 19.4. The number of anilines is 1. The fourth-order valence-electron chi connectivity index (χ4n) is 2.55. The Kier molecular flexibility index (Phi) is 4.29. The van der Waals surface area contributed by atoms with Crippen molar-refractivity contribution in [3.05, 3.63) is 66.4 Å². The van der Waals surface area contributed by atoms with Crippen LogP contribution in [-0.4, -0.2) is 10.5 Å². The zero-order valence-electron chi connectivity index (χ0n) is 12.7. The molecule has 3 nitrogen and oxygen atoms in total. The lowest BCUT2D eigenvalue weighted by atomic mass is 10.2. The van der Waals surface area contributed by atoms with Gasteiger partial charge in [0.25, 0.3) is 0 Å². The topological polar surface area (TPSA) is 34.0 Å². The molecule has 0 aliphatic heterocycles. The van der Waals surface area contributed by atoms with E-state index in [-0.39, 0.29) is 18.0 Å². The van der Waals surface area contributed by atoms with Crippen molar-refractivity contribution in [3.8, 4) is 0 Å². The highest BCUT2D eigenvalue weighted by molar-refractivity contribution is 5.91. The number of benzene rings is 2. The van der Waals surface area contributed by atoms with Crippen molar-refractivity contribution in [3.63, 3.8) is 0 Å². The summed E-state index contributed by atoms with van der Waals surface area (Å²) in [6.45, 7) is 0.457. The van der Waals surface area contributed by atoms with Crippen LogP contribution in [0.1, 0.15) is 12.0 Å². The third kappa shape index (κ3) is 3.59. The van der Waals surface area contributed by atoms with Gasteiger partial charge in [0.1, 0.15) is 0 Å². The Morgan fingerprint density at radius 2 is 1.83 bits per heavy atom. The van der Waals surface area contributed by atoms with Gasteiger partial charge in [-0.1, -0.05) is 24.3 Å². The maximum Gasteiger partial charge on any atom is 0.416 e. The second-order valence-corrected chi connectivity index (χ2v) is 5.44. The predicted molar refractivity (Wildman–Crippen MR) is 86.6 cm³/mol. The zero-order valence-corrected chi connectivity index (χ0v) is 12.7. The van der Waals surface area contributed by atoms with Gasteiger partial charge in [-0.3, -0.25) is 4.79 Å². The fourth-order valence-corrected chi connectivity index (χ4v) is 2.55. The molecular formula is C18H15F3N2O. The molecule has 2 aromatic carbocycles. The second-order valence-electron chi connectivity index (χ2n) is 5.44. The third-order valence-corrected chi connectivity index (χ3v) is 3.73. The first-order valence-electron chi connectivity index (χ1n) is 7.44. The van der Waals surface area contributed by atoms with Crippen molar-refractivity contribution >= 4 is 22.5 Å². The minimum atomic E-state index is -4.43. The summed E-state index contributed by atoms with van der Waals surface area (Å²) >= 11 is 0. The van der Waals surface area contributed by atoms with Gasteiger partial charge >= 0.3 is 6.18 Å². The maximum atomic E-state index is 12.7. The molecule has 1 aromatic heterocycles. The monoisotopic (exact) mass is 332 g/mol. The summed E-state index contributed by atoms with van der Waals surface area (Å²) in [5, 5.41) is 3.59. The first kappa shape index (κ1) is 16.1. The van der Waals surface area contributed by atoms with E-state index < -0.39 is 11.7 Å². The molecular weight excluding hydrogens is 317 g/mol. The van der Waals surface area contributed by atoms with E-state index in [1.165, 1.54) is 12.1 Å². The van der Waals surface area contributed by atoms with Crippen LogP contribution in [0, 0.1) is 0 Å². The summed E-state index contributed by atoms with van der Waals surface area (Å²) in [7, 11) is 0. The van der Waals surface area contributed by atoms with Crippen LogP contribution in [0.25, 0.3) is 10.9 Å². The molecule has 0 atom stereocenters. The van der Waals surface area contributed by atoms with Gasteiger partial charge in [-0.15, -0.1) is 0 Å². The van der Waals surface area contributed by atoms with E-state index in [1.54, 1.807) is 0 Å². The number of rotatable bonds is 4. The quantitative estimate of drug-likeness (QED) is 0.739. The average molecular weight is 332 g/mol. The van der Waals surface area contributed by atoms with Crippen molar-refractivity contribution in [2.75, 3.05) is 5.32 Å². The van der Waals surface area contributed by atoms with Crippen molar-refractivity contribution in [2.45, 2.75) is 19.1 Å². The number of aromatic nitrogens is 1. The Morgan fingerprint density at radius 3 is 2.62 bits per heavy atom. The van der Waals surface area contributed by atoms with Gasteiger partial charge in [-0.05, 0) is 35.7 Å². The van der Waals surface area contributed by atoms with Crippen molar-refractivity contribution in [2.24, 2.45) is 0 Å². The lowest BCUT2D eigenvalue weighted by Gasteiger charge is -2.10. The molecule has 24 heavy (non-hydrogen) atoms. The van der Waals surface area contributed by atoms with Gasteiger partial charge < -0.3 is 9.88 Å². The third-order valence-electron chi connectivity index (χ3n) is 3.73. The van der Waals surface area contributed by atoms with E-state index in [0.717, 1.165) is 23.0 Å². The predicted octanol–water partition coefficient (Wildman–Crippen LogP) is 4.69. The number of hydrogen-bond donors (Lipinski definition) is 1. The largest absolute Gasteiger partial charge is 0.416 e. The number of fused-ring (bicyclic) bond motifs is 1. The highest BCUT2D eigenvalue weighted by Gasteiger charge is 2.30. The molecule has 124 valence electrons. The smallest absolute Gasteiger partial charge is 0.347 e. The fraction of sp³-hybridized carbons (Fsp3) is 0.167. The van der Waals surface area contributed by atoms with E-state index in [0.29, 0.717) is 6.54 Å². The Morgan fingerprint density at radius 1 is 1.04 bits per heavy atom. The van der Waals surface area contributed by atoms with E-state index in [1.807, 2.05) is 41.1 Å². The normalized spacial score (nSPS) is 11.6. The number of hydrogen-bond acceptors (Lipinski definition) is 1. The Hall–Kier alpha value is -2.76. The molecule has 0 aliphatic rings. The molecule has 0 unspecified atom stereocenters. The van der Waals surface area contributed by atoms with Crippen LogP contribution < -0.4 is 5.32 Å². The first-order chi connectivity index (χ1) is 11.4. The summed E-state index contributed by atoms with van der Waals surface area (Å²) < 4.78 is 40.0. The average Bonchev–Trinajstić information content (AvgIpc) is 2.96. The summed E-state index contributed by atoms with van der Waals surface area (Å²) in [6, 6.07) is 14.4. The van der Waals surface area contributed by atoms with Crippen LogP contribution in [-0.2, 0) is 17.5 Å². The molecule has 0 saturated carbocycles. The number of nitrogens with zero attached hydrogens (tertiary/aromatic N) is 1. The Balaban J connectivity index is 1.64. The van der Waals surface area contributed by atoms with E-state index in [4.69, 9.17) is 0 Å². The van der Waals surface area contributed by atoms with Gasteiger partial charge in [-0.2, -0.15) is 13.2 Å². The Labute approximate surface area is 136 Å². The van der Waals surface area contributed by atoms with E-state index in [2.05, 4.69) is 5.32 Å². The van der Waals surface area contributed by atoms with Crippen LogP contribution >= 0.6 is 0 Å². The number of carbonyl (C=O) groups is 1. The van der Waals surface area contributed by atoms with Gasteiger partial charge in [0.15, 0.2) is 0 Å². The number of carbonyl (C=O) groups excluding carboxylic acids is 1. The number of aryl methyl sites for hydroxylation is 1. The number of amides is 1. The van der Waals surface area contributed by atoms with E-state index in [9.17, 15) is 18.0 Å². The second kappa shape index (κ2) is 6.39. The van der Waals surface area contributed by atoms with Crippen LogP contribution in [0.4, 0.5) is 18.9 Å².